The third kappa shape index (κ3) is 9.03. The molecular weight excluding hydrogens is 320 g/mol. The first-order chi connectivity index (χ1) is 12.0. The topological polar surface area (TPSA) is 80.7 Å². The number of aliphatic carboxylic acids is 1. The Morgan fingerprint density at radius 3 is 2.24 bits per heavy atom. The quantitative estimate of drug-likeness (QED) is 0.233. The van der Waals surface area contributed by atoms with Gasteiger partial charge in [0.1, 0.15) is 5.75 Å². The van der Waals surface area contributed by atoms with Crippen LogP contribution in [0.25, 0.3) is 0 Å². The summed E-state index contributed by atoms with van der Waals surface area (Å²) in [5.74, 6) is -2.63. The average Bonchev–Trinajstić information content (AvgIpc) is 2.60. The Morgan fingerprint density at radius 1 is 0.960 bits per heavy atom. The van der Waals surface area contributed by atoms with Crippen molar-refractivity contribution in [3.05, 3.63) is 29.8 Å². The van der Waals surface area contributed by atoms with Gasteiger partial charge in [0.05, 0.1) is 13.0 Å². The lowest BCUT2D eigenvalue weighted by molar-refractivity contribution is -0.148. The number of ketones is 2. The van der Waals surface area contributed by atoms with Gasteiger partial charge in [-0.05, 0) is 18.6 Å². The van der Waals surface area contributed by atoms with E-state index in [9.17, 15) is 14.4 Å². The summed E-state index contributed by atoms with van der Waals surface area (Å²) in [4.78, 5) is 33.5. The van der Waals surface area contributed by atoms with Crippen molar-refractivity contribution in [3.63, 3.8) is 0 Å². The Bertz CT molecular complexity index is 565. The molecule has 0 unspecified atom stereocenters. The molecule has 1 rings (SSSR count). The monoisotopic (exact) mass is 348 g/mol. The van der Waals surface area contributed by atoms with Gasteiger partial charge in [-0.15, -0.1) is 0 Å². The molecule has 0 atom stereocenters. The summed E-state index contributed by atoms with van der Waals surface area (Å²) in [6, 6.07) is 6.53. The second-order valence-corrected chi connectivity index (χ2v) is 6.18. The van der Waals surface area contributed by atoms with E-state index in [4.69, 9.17) is 9.84 Å². The molecule has 0 heterocycles. The number of hydrogen-bond acceptors (Lipinski definition) is 4. The third-order valence-corrected chi connectivity index (χ3v) is 3.98. The zero-order valence-electron chi connectivity index (χ0n) is 15.0. The molecule has 1 N–H and O–H groups in total. The SMILES string of the molecule is CCCCCCCCCCOc1cccc(C(=O)CC(=O)C(=O)O)c1. The van der Waals surface area contributed by atoms with Crippen LogP contribution in [0.1, 0.15) is 75.1 Å². The number of carbonyl (C=O) groups excluding carboxylic acids is 2. The summed E-state index contributed by atoms with van der Waals surface area (Å²) in [6.07, 6.45) is 9.13. The molecule has 5 nitrogen and oxygen atoms in total. The number of carbonyl (C=O) groups is 3. The number of carboxylic acids is 1. The highest BCUT2D eigenvalue weighted by Crippen LogP contribution is 2.16. The fourth-order valence-corrected chi connectivity index (χ4v) is 2.51. The minimum Gasteiger partial charge on any atom is -0.494 e. The largest absolute Gasteiger partial charge is 0.494 e. The summed E-state index contributed by atoms with van der Waals surface area (Å²) < 4.78 is 5.64. The Morgan fingerprint density at radius 2 is 1.60 bits per heavy atom. The summed E-state index contributed by atoms with van der Waals surface area (Å²) in [7, 11) is 0. The average molecular weight is 348 g/mol. The fraction of sp³-hybridized carbons (Fsp3) is 0.550. The maximum Gasteiger partial charge on any atom is 0.372 e. The standard InChI is InChI=1S/C20H28O5/c1-2-3-4-5-6-7-8-9-13-25-17-12-10-11-16(14-17)18(21)15-19(22)20(23)24/h10-12,14H,2-9,13,15H2,1H3,(H,23,24). The number of hydrogen-bond donors (Lipinski definition) is 1. The van der Waals surface area contributed by atoms with E-state index in [0.29, 0.717) is 17.9 Å². The lowest BCUT2D eigenvalue weighted by Gasteiger charge is -2.07. The maximum atomic E-state index is 11.9. The van der Waals surface area contributed by atoms with Gasteiger partial charge < -0.3 is 9.84 Å². The number of ether oxygens (including phenoxy) is 1. The molecule has 0 aliphatic rings. The van der Waals surface area contributed by atoms with Crippen LogP contribution in [0.3, 0.4) is 0 Å². The molecule has 1 aromatic carbocycles. The number of unbranched alkanes of at least 4 members (excludes halogenated alkanes) is 7. The second kappa shape index (κ2) is 12.2. The molecule has 1 aromatic rings. The predicted octanol–water partition coefficient (Wildman–Crippen LogP) is 4.43. The third-order valence-electron chi connectivity index (χ3n) is 3.98. The molecule has 25 heavy (non-hydrogen) atoms. The van der Waals surface area contributed by atoms with Crippen molar-refractivity contribution in [2.45, 2.75) is 64.7 Å². The lowest BCUT2D eigenvalue weighted by atomic mass is 10.1. The van der Waals surface area contributed by atoms with E-state index in [1.165, 1.54) is 38.5 Å². The number of rotatable bonds is 14. The molecule has 0 fully saturated rings. The highest BCUT2D eigenvalue weighted by Gasteiger charge is 2.18. The first kappa shape index (κ1) is 20.9. The Kier molecular flexibility index (Phi) is 10.2. The van der Waals surface area contributed by atoms with Crippen LogP contribution in [0.15, 0.2) is 24.3 Å². The number of Topliss-reactive ketones (excluding diaryl/α,β-unsaturated/α-hetero) is 2. The van der Waals surface area contributed by atoms with Gasteiger partial charge in [-0.3, -0.25) is 9.59 Å². The van der Waals surface area contributed by atoms with Gasteiger partial charge in [0.2, 0.25) is 5.78 Å². The van der Waals surface area contributed by atoms with E-state index in [0.717, 1.165) is 12.8 Å². The first-order valence-electron chi connectivity index (χ1n) is 9.06. The van der Waals surface area contributed by atoms with Crippen molar-refractivity contribution in [3.8, 4) is 5.75 Å². The van der Waals surface area contributed by atoms with Gasteiger partial charge in [0.15, 0.2) is 5.78 Å². The number of benzene rings is 1. The van der Waals surface area contributed by atoms with Gasteiger partial charge in [0, 0.05) is 5.56 Å². The van der Waals surface area contributed by atoms with Crippen LogP contribution in [0.4, 0.5) is 0 Å². The Balaban J connectivity index is 2.28. The highest BCUT2D eigenvalue weighted by molar-refractivity contribution is 6.37. The second-order valence-electron chi connectivity index (χ2n) is 6.18. The molecule has 0 saturated carbocycles. The zero-order chi connectivity index (χ0) is 18.5. The van der Waals surface area contributed by atoms with E-state index in [1.54, 1.807) is 24.3 Å². The summed E-state index contributed by atoms with van der Waals surface area (Å²) in [6.45, 7) is 2.80. The summed E-state index contributed by atoms with van der Waals surface area (Å²) in [5.41, 5.74) is 0.294. The van der Waals surface area contributed by atoms with Gasteiger partial charge in [-0.25, -0.2) is 4.79 Å². The minimum absolute atomic E-state index is 0.294. The molecule has 0 aliphatic carbocycles. The van der Waals surface area contributed by atoms with Crippen molar-refractivity contribution in [1.29, 1.82) is 0 Å². The van der Waals surface area contributed by atoms with Crippen LogP contribution in [0, 0.1) is 0 Å². The van der Waals surface area contributed by atoms with Crippen molar-refractivity contribution < 1.29 is 24.2 Å². The van der Waals surface area contributed by atoms with Crippen LogP contribution in [0.2, 0.25) is 0 Å². The van der Waals surface area contributed by atoms with E-state index < -0.39 is 24.0 Å². The van der Waals surface area contributed by atoms with Gasteiger partial charge in [-0.1, -0.05) is 64.0 Å². The highest BCUT2D eigenvalue weighted by atomic mass is 16.5. The summed E-state index contributed by atoms with van der Waals surface area (Å²) >= 11 is 0. The lowest BCUT2D eigenvalue weighted by Crippen LogP contribution is -2.17. The molecule has 0 amide bonds. The first-order valence-corrected chi connectivity index (χ1v) is 9.06. The van der Waals surface area contributed by atoms with Crippen LogP contribution in [0.5, 0.6) is 5.75 Å². The molecule has 0 spiro atoms. The Hall–Kier alpha value is -2.17. The fourth-order valence-electron chi connectivity index (χ4n) is 2.51. The molecule has 0 saturated heterocycles. The molecule has 0 radical (unpaired) electrons. The van der Waals surface area contributed by atoms with E-state index in [2.05, 4.69) is 6.92 Å². The maximum absolute atomic E-state index is 11.9. The van der Waals surface area contributed by atoms with Crippen LogP contribution in [-0.2, 0) is 9.59 Å². The predicted molar refractivity (Wildman–Crippen MR) is 96.1 cm³/mol. The van der Waals surface area contributed by atoms with Gasteiger partial charge >= 0.3 is 5.97 Å². The molecular formula is C20H28O5. The molecule has 0 aromatic heterocycles. The summed E-state index contributed by atoms with van der Waals surface area (Å²) in [5, 5.41) is 8.55. The normalized spacial score (nSPS) is 10.4. The van der Waals surface area contributed by atoms with Gasteiger partial charge in [0.25, 0.3) is 0 Å². The van der Waals surface area contributed by atoms with E-state index in [-0.39, 0.29) is 0 Å². The molecule has 5 heteroatoms. The van der Waals surface area contributed by atoms with E-state index >= 15 is 0 Å². The van der Waals surface area contributed by atoms with Gasteiger partial charge in [-0.2, -0.15) is 0 Å². The van der Waals surface area contributed by atoms with Crippen LogP contribution >= 0.6 is 0 Å². The van der Waals surface area contributed by atoms with Crippen molar-refractivity contribution in [2.75, 3.05) is 6.61 Å². The van der Waals surface area contributed by atoms with Crippen molar-refractivity contribution in [1.82, 2.24) is 0 Å². The smallest absolute Gasteiger partial charge is 0.372 e. The van der Waals surface area contributed by atoms with Crippen LogP contribution in [-0.4, -0.2) is 29.2 Å². The van der Waals surface area contributed by atoms with Crippen molar-refractivity contribution >= 4 is 17.5 Å². The molecule has 0 bridgehead atoms. The minimum atomic E-state index is -1.59. The molecule has 138 valence electrons. The Labute approximate surface area is 149 Å². The zero-order valence-corrected chi connectivity index (χ0v) is 15.0. The van der Waals surface area contributed by atoms with E-state index in [1.807, 2.05) is 0 Å². The molecule has 0 aliphatic heterocycles. The van der Waals surface area contributed by atoms with Crippen LogP contribution < -0.4 is 4.74 Å². The number of carboxylic acid groups (broad SMARTS) is 1. The van der Waals surface area contributed by atoms with Crippen molar-refractivity contribution in [2.24, 2.45) is 0 Å².